The zero-order valence-corrected chi connectivity index (χ0v) is 13.3. The summed E-state index contributed by atoms with van der Waals surface area (Å²) in [5.74, 6) is 0. The summed E-state index contributed by atoms with van der Waals surface area (Å²) < 4.78 is 2.95. The predicted octanol–water partition coefficient (Wildman–Crippen LogP) is 3.72. The lowest BCUT2D eigenvalue weighted by molar-refractivity contribution is 0.347. The average Bonchev–Trinajstić information content (AvgIpc) is 2.76. The second kappa shape index (κ2) is 5.33. The number of aromatic nitrogens is 3. The maximum Gasteiger partial charge on any atom is 0.102 e. The summed E-state index contributed by atoms with van der Waals surface area (Å²) in [6.45, 7) is 9.06. The van der Waals surface area contributed by atoms with Crippen molar-refractivity contribution in [2.24, 2.45) is 0 Å². The lowest BCUT2D eigenvalue weighted by Gasteiger charge is -2.17. The first-order valence-corrected chi connectivity index (χ1v) is 7.07. The fraction of sp³-hybridized carbons (Fsp3) is 0.429. The van der Waals surface area contributed by atoms with E-state index in [0.29, 0.717) is 6.54 Å². The largest absolute Gasteiger partial charge is 0.378 e. The second-order valence-corrected chi connectivity index (χ2v) is 6.52. The molecule has 1 N–H and O–H groups in total. The third kappa shape index (κ3) is 3.56. The predicted molar refractivity (Wildman–Crippen MR) is 81.2 cm³/mol. The number of hydrogen-bond acceptors (Lipinski definition) is 3. The third-order valence-corrected chi connectivity index (χ3v) is 3.47. The van der Waals surface area contributed by atoms with Gasteiger partial charge < -0.3 is 5.32 Å². The van der Waals surface area contributed by atoms with Crippen molar-refractivity contribution in [3.63, 3.8) is 0 Å². The summed E-state index contributed by atoms with van der Waals surface area (Å²) in [4.78, 5) is 0. The van der Waals surface area contributed by atoms with E-state index in [1.54, 1.807) is 0 Å². The van der Waals surface area contributed by atoms with E-state index in [0.717, 1.165) is 15.9 Å². The van der Waals surface area contributed by atoms with Gasteiger partial charge in [0.15, 0.2) is 0 Å². The Balaban J connectivity index is 2.04. The minimum Gasteiger partial charge on any atom is -0.378 e. The molecule has 5 heteroatoms. The van der Waals surface area contributed by atoms with Crippen LogP contribution < -0.4 is 5.32 Å². The molecule has 0 atom stereocenters. The molecule has 0 unspecified atom stereocenters. The minimum atomic E-state index is -0.0321. The van der Waals surface area contributed by atoms with E-state index in [4.69, 9.17) is 0 Å². The van der Waals surface area contributed by atoms with Crippen LogP contribution in [0.15, 0.2) is 28.9 Å². The molecule has 1 aromatic carbocycles. The lowest BCUT2D eigenvalue weighted by atomic mass is 10.1. The number of anilines is 1. The molecule has 0 fully saturated rings. The first-order valence-electron chi connectivity index (χ1n) is 6.28. The fourth-order valence-electron chi connectivity index (χ4n) is 1.66. The fourth-order valence-corrected chi connectivity index (χ4v) is 2.29. The van der Waals surface area contributed by atoms with Crippen molar-refractivity contribution in [3.05, 3.63) is 40.1 Å². The van der Waals surface area contributed by atoms with Gasteiger partial charge in [0, 0.05) is 10.2 Å². The number of benzene rings is 1. The Bertz CT molecular complexity index is 569. The molecule has 19 heavy (non-hydrogen) atoms. The Hall–Kier alpha value is -1.36. The summed E-state index contributed by atoms with van der Waals surface area (Å²) in [5, 5.41) is 11.7. The van der Waals surface area contributed by atoms with Crippen LogP contribution >= 0.6 is 15.9 Å². The monoisotopic (exact) mass is 322 g/mol. The van der Waals surface area contributed by atoms with Gasteiger partial charge in [-0.05, 0) is 61.3 Å². The maximum absolute atomic E-state index is 4.18. The van der Waals surface area contributed by atoms with Crippen LogP contribution in [-0.4, -0.2) is 15.0 Å². The van der Waals surface area contributed by atoms with Crippen LogP contribution in [0.25, 0.3) is 0 Å². The van der Waals surface area contributed by atoms with Crippen LogP contribution in [0.5, 0.6) is 0 Å². The second-order valence-electron chi connectivity index (χ2n) is 5.66. The van der Waals surface area contributed by atoms with Crippen molar-refractivity contribution >= 4 is 21.6 Å². The lowest BCUT2D eigenvalue weighted by Crippen LogP contribution is -2.22. The highest BCUT2D eigenvalue weighted by molar-refractivity contribution is 9.10. The molecule has 0 spiro atoms. The van der Waals surface area contributed by atoms with Gasteiger partial charge in [-0.25, -0.2) is 4.68 Å². The SMILES string of the molecule is Cc1ccc(NCc2cn(C(C)(C)C)nn2)c(Br)c1. The number of halogens is 1. The number of nitrogens with zero attached hydrogens (tertiary/aromatic N) is 3. The Labute approximate surface area is 122 Å². The summed E-state index contributed by atoms with van der Waals surface area (Å²) in [7, 11) is 0. The molecule has 1 aromatic heterocycles. The van der Waals surface area contributed by atoms with Gasteiger partial charge in [-0.15, -0.1) is 5.10 Å². The van der Waals surface area contributed by atoms with Gasteiger partial charge >= 0.3 is 0 Å². The summed E-state index contributed by atoms with van der Waals surface area (Å²) in [6, 6.07) is 6.24. The molecule has 0 saturated carbocycles. The Morgan fingerprint density at radius 3 is 2.63 bits per heavy atom. The van der Waals surface area contributed by atoms with Gasteiger partial charge in [-0.1, -0.05) is 11.3 Å². The maximum atomic E-state index is 4.18. The third-order valence-electron chi connectivity index (χ3n) is 2.81. The molecule has 0 aliphatic carbocycles. The van der Waals surface area contributed by atoms with Gasteiger partial charge in [-0.3, -0.25) is 0 Å². The molecule has 2 rings (SSSR count). The molecule has 0 saturated heterocycles. The Morgan fingerprint density at radius 1 is 1.32 bits per heavy atom. The van der Waals surface area contributed by atoms with Gasteiger partial charge in [0.1, 0.15) is 5.69 Å². The zero-order chi connectivity index (χ0) is 14.0. The average molecular weight is 323 g/mol. The van der Waals surface area contributed by atoms with Crippen LogP contribution in [0, 0.1) is 6.92 Å². The van der Waals surface area contributed by atoms with Crippen LogP contribution in [0.2, 0.25) is 0 Å². The number of rotatable bonds is 3. The van der Waals surface area contributed by atoms with Crippen LogP contribution in [0.1, 0.15) is 32.0 Å². The van der Waals surface area contributed by atoms with E-state index in [9.17, 15) is 0 Å². The van der Waals surface area contributed by atoms with Crippen molar-refractivity contribution in [3.8, 4) is 0 Å². The highest BCUT2D eigenvalue weighted by Crippen LogP contribution is 2.23. The van der Waals surface area contributed by atoms with Crippen LogP contribution in [0.3, 0.4) is 0 Å². The Morgan fingerprint density at radius 2 is 2.05 bits per heavy atom. The van der Waals surface area contributed by atoms with Gasteiger partial charge in [0.2, 0.25) is 0 Å². The zero-order valence-electron chi connectivity index (χ0n) is 11.7. The quantitative estimate of drug-likeness (QED) is 0.936. The molecule has 0 amide bonds. The van der Waals surface area contributed by atoms with Crippen LogP contribution in [-0.2, 0) is 12.1 Å². The van der Waals surface area contributed by atoms with Gasteiger partial charge in [0.25, 0.3) is 0 Å². The van der Waals surface area contributed by atoms with E-state index in [1.165, 1.54) is 5.56 Å². The van der Waals surface area contributed by atoms with Crippen LogP contribution in [0.4, 0.5) is 5.69 Å². The molecule has 0 aliphatic heterocycles. The molecule has 4 nitrogen and oxygen atoms in total. The van der Waals surface area contributed by atoms with Crippen molar-refractivity contribution in [2.75, 3.05) is 5.32 Å². The van der Waals surface area contributed by atoms with E-state index < -0.39 is 0 Å². The van der Waals surface area contributed by atoms with Crippen molar-refractivity contribution < 1.29 is 0 Å². The first-order chi connectivity index (χ1) is 8.86. The van der Waals surface area contributed by atoms with E-state index in [-0.39, 0.29) is 5.54 Å². The van der Waals surface area contributed by atoms with Crippen molar-refractivity contribution in [1.82, 2.24) is 15.0 Å². The van der Waals surface area contributed by atoms with Gasteiger partial charge in [-0.2, -0.15) is 0 Å². The number of aryl methyl sites for hydroxylation is 1. The van der Waals surface area contributed by atoms with E-state index in [2.05, 4.69) is 77.5 Å². The standard InChI is InChI=1S/C14H19BrN4/c1-10-5-6-13(12(15)7-10)16-8-11-9-19(18-17-11)14(2,3)4/h5-7,9,16H,8H2,1-4H3. The molecule has 2 aromatic rings. The topological polar surface area (TPSA) is 42.7 Å². The Kier molecular flexibility index (Phi) is 3.94. The summed E-state index contributed by atoms with van der Waals surface area (Å²) in [6.07, 6.45) is 1.98. The molecular weight excluding hydrogens is 304 g/mol. The molecule has 0 bridgehead atoms. The number of nitrogens with one attached hydrogen (secondary N) is 1. The first kappa shape index (κ1) is 14.1. The number of hydrogen-bond donors (Lipinski definition) is 1. The highest BCUT2D eigenvalue weighted by Gasteiger charge is 2.14. The molecule has 102 valence electrons. The van der Waals surface area contributed by atoms with Crippen molar-refractivity contribution in [1.29, 1.82) is 0 Å². The van der Waals surface area contributed by atoms with Gasteiger partial charge in [0.05, 0.1) is 18.3 Å². The van der Waals surface area contributed by atoms with Crippen molar-refractivity contribution in [2.45, 2.75) is 39.8 Å². The molecule has 0 radical (unpaired) electrons. The normalized spacial score (nSPS) is 11.6. The summed E-state index contributed by atoms with van der Waals surface area (Å²) >= 11 is 3.55. The minimum absolute atomic E-state index is 0.0321. The summed E-state index contributed by atoms with van der Waals surface area (Å²) in [5.41, 5.74) is 3.20. The molecule has 0 aliphatic rings. The van der Waals surface area contributed by atoms with E-state index >= 15 is 0 Å². The molecule has 1 heterocycles. The smallest absolute Gasteiger partial charge is 0.102 e. The highest BCUT2D eigenvalue weighted by atomic mass is 79.9. The van der Waals surface area contributed by atoms with E-state index in [1.807, 2.05) is 10.9 Å². The molecular formula is C14H19BrN4.